The minimum atomic E-state index is 0.586. The summed E-state index contributed by atoms with van der Waals surface area (Å²) in [6, 6.07) is 67.4. The van der Waals surface area contributed by atoms with Crippen LogP contribution in [-0.2, 0) is 0 Å². The van der Waals surface area contributed by atoms with E-state index in [2.05, 4.69) is 132 Å². The van der Waals surface area contributed by atoms with Gasteiger partial charge in [-0.15, -0.1) is 0 Å². The lowest BCUT2D eigenvalue weighted by molar-refractivity contribution is 0.669. The van der Waals surface area contributed by atoms with Crippen molar-refractivity contribution in [2.75, 3.05) is 0 Å². The highest BCUT2D eigenvalue weighted by Gasteiger charge is 2.21. The summed E-state index contributed by atoms with van der Waals surface area (Å²) in [5, 5.41) is 8.91. The summed E-state index contributed by atoms with van der Waals surface area (Å²) in [7, 11) is 0. The first-order chi connectivity index (χ1) is 30.2. The fourth-order valence-corrected chi connectivity index (χ4v) is 9.18. The Morgan fingerprint density at radius 3 is 1.70 bits per heavy atom. The fourth-order valence-electron chi connectivity index (χ4n) is 9.18. The largest absolute Gasteiger partial charge is 0.456 e. The van der Waals surface area contributed by atoms with Crippen molar-refractivity contribution in [3.8, 4) is 51.0 Å². The van der Waals surface area contributed by atoms with Crippen molar-refractivity contribution in [2.45, 2.75) is 0 Å². The van der Waals surface area contributed by atoms with Gasteiger partial charge in [-0.3, -0.25) is 0 Å². The van der Waals surface area contributed by atoms with Crippen LogP contribution in [0.2, 0.25) is 0 Å². The van der Waals surface area contributed by atoms with E-state index in [4.69, 9.17) is 23.8 Å². The lowest BCUT2D eigenvalue weighted by atomic mass is 9.98. The van der Waals surface area contributed by atoms with Crippen LogP contribution in [0.3, 0.4) is 0 Å². The Bertz CT molecular complexity index is 3810. The molecule has 13 aromatic rings. The molecule has 0 spiro atoms. The summed E-state index contributed by atoms with van der Waals surface area (Å²) in [5.74, 6) is 1.83. The average molecular weight is 781 g/mol. The summed E-state index contributed by atoms with van der Waals surface area (Å²) < 4.78 is 15.7. The highest BCUT2D eigenvalue weighted by atomic mass is 16.3. The first kappa shape index (κ1) is 33.6. The maximum Gasteiger partial charge on any atom is 0.164 e. The van der Waals surface area contributed by atoms with Crippen LogP contribution in [-0.4, -0.2) is 19.5 Å². The van der Waals surface area contributed by atoms with Crippen LogP contribution in [0.5, 0.6) is 0 Å². The molecule has 0 aliphatic rings. The Balaban J connectivity index is 0.951. The molecule has 4 heterocycles. The second-order valence-electron chi connectivity index (χ2n) is 15.6. The molecule has 4 aromatic heterocycles. The molecule has 0 bridgehead atoms. The zero-order chi connectivity index (χ0) is 40.0. The molecule has 6 nitrogen and oxygen atoms in total. The van der Waals surface area contributed by atoms with E-state index >= 15 is 0 Å². The number of furan rings is 2. The molecule has 0 saturated heterocycles. The van der Waals surface area contributed by atoms with Crippen LogP contribution in [0.1, 0.15) is 0 Å². The number of para-hydroxylation sites is 1. The van der Waals surface area contributed by atoms with Gasteiger partial charge in [0.15, 0.2) is 17.5 Å². The lowest BCUT2D eigenvalue weighted by Gasteiger charge is -2.08. The van der Waals surface area contributed by atoms with Crippen LogP contribution in [0.15, 0.2) is 203 Å². The van der Waals surface area contributed by atoms with Gasteiger partial charge in [0.2, 0.25) is 0 Å². The predicted molar refractivity (Wildman–Crippen MR) is 248 cm³/mol. The van der Waals surface area contributed by atoms with Crippen molar-refractivity contribution >= 4 is 76.5 Å². The molecule has 0 radical (unpaired) electrons. The average Bonchev–Trinajstić information content (AvgIpc) is 4.01. The summed E-state index contributed by atoms with van der Waals surface area (Å²) >= 11 is 0. The first-order valence-electron chi connectivity index (χ1n) is 20.4. The molecule has 0 saturated carbocycles. The van der Waals surface area contributed by atoms with Crippen LogP contribution in [0.4, 0.5) is 0 Å². The molecule has 0 amide bonds. The third-order valence-electron chi connectivity index (χ3n) is 12.0. The fraction of sp³-hybridized carbons (Fsp3) is 0. The van der Waals surface area contributed by atoms with E-state index in [1.54, 1.807) is 0 Å². The topological polar surface area (TPSA) is 69.9 Å². The molecule has 284 valence electrons. The Hall–Kier alpha value is -8.35. The second-order valence-corrected chi connectivity index (χ2v) is 15.6. The van der Waals surface area contributed by atoms with E-state index in [-0.39, 0.29) is 0 Å². The molecule has 0 fully saturated rings. The number of aromatic nitrogens is 4. The van der Waals surface area contributed by atoms with Crippen molar-refractivity contribution in [3.63, 3.8) is 0 Å². The molecule has 13 rings (SSSR count). The van der Waals surface area contributed by atoms with Gasteiger partial charge in [-0.05, 0) is 82.6 Å². The smallest absolute Gasteiger partial charge is 0.164 e. The molecule has 0 aliphatic heterocycles. The van der Waals surface area contributed by atoms with Gasteiger partial charge in [0.1, 0.15) is 22.3 Å². The molecular formula is C55H32N4O2. The van der Waals surface area contributed by atoms with Crippen LogP contribution in [0.25, 0.3) is 127 Å². The van der Waals surface area contributed by atoms with E-state index < -0.39 is 0 Å². The number of rotatable bonds is 5. The highest BCUT2D eigenvalue weighted by molar-refractivity contribution is 6.28. The standard InChI is InChI=1S/C55H32N4O2/c1-4-12-33(13-5-1)36-20-24-40-37(30-36)22-28-48-50(40)43-26-27-46-51(52(43)61-48)42-18-10-11-19-45(42)59(46)39-23-29-47-44(32-39)41-25-21-38(31-49(41)60-47)55-57-53(34-14-6-2-7-15-34)56-54(58-55)35-16-8-3-9-17-35/h1-32H. The molecule has 0 N–H and O–H groups in total. The zero-order valence-corrected chi connectivity index (χ0v) is 32.6. The summed E-state index contributed by atoms with van der Waals surface area (Å²) in [6.07, 6.45) is 0. The molecule has 0 atom stereocenters. The Kier molecular flexibility index (Phi) is 7.21. The zero-order valence-electron chi connectivity index (χ0n) is 32.6. The number of nitrogens with zero attached hydrogens (tertiary/aromatic N) is 4. The number of hydrogen-bond donors (Lipinski definition) is 0. The normalized spacial score (nSPS) is 11.9. The maximum absolute atomic E-state index is 6.83. The van der Waals surface area contributed by atoms with Crippen LogP contribution < -0.4 is 0 Å². The lowest BCUT2D eigenvalue weighted by Crippen LogP contribution is -2.00. The van der Waals surface area contributed by atoms with Gasteiger partial charge in [0.05, 0.1) is 16.4 Å². The quantitative estimate of drug-likeness (QED) is 0.174. The number of benzene rings is 9. The second kappa shape index (κ2) is 13.1. The monoisotopic (exact) mass is 780 g/mol. The SMILES string of the molecule is c1ccc(-c2ccc3c(ccc4oc5c(ccc6c5c5ccccc5n6-c5ccc6oc7cc(-c8nc(-c9ccccc9)nc(-c9ccccc9)n8)ccc7c6c5)c43)c2)cc1. The minimum Gasteiger partial charge on any atom is -0.456 e. The van der Waals surface area contributed by atoms with Crippen molar-refractivity contribution in [2.24, 2.45) is 0 Å². The van der Waals surface area contributed by atoms with Gasteiger partial charge in [0.25, 0.3) is 0 Å². The van der Waals surface area contributed by atoms with Gasteiger partial charge in [-0.1, -0.05) is 133 Å². The van der Waals surface area contributed by atoms with Gasteiger partial charge in [-0.25, -0.2) is 15.0 Å². The van der Waals surface area contributed by atoms with Crippen molar-refractivity contribution in [3.05, 3.63) is 194 Å². The molecule has 9 aromatic carbocycles. The molecule has 0 unspecified atom stereocenters. The van der Waals surface area contributed by atoms with Crippen molar-refractivity contribution < 1.29 is 8.83 Å². The van der Waals surface area contributed by atoms with E-state index in [0.29, 0.717) is 17.5 Å². The van der Waals surface area contributed by atoms with E-state index in [0.717, 1.165) is 88.1 Å². The Labute approximate surface area is 348 Å². The highest BCUT2D eigenvalue weighted by Crippen LogP contribution is 2.44. The van der Waals surface area contributed by atoms with E-state index in [1.165, 1.54) is 21.9 Å². The van der Waals surface area contributed by atoms with Crippen molar-refractivity contribution in [1.82, 2.24) is 19.5 Å². The van der Waals surface area contributed by atoms with Gasteiger partial charge >= 0.3 is 0 Å². The number of hydrogen-bond acceptors (Lipinski definition) is 5. The molecule has 61 heavy (non-hydrogen) atoms. The third kappa shape index (κ3) is 5.26. The van der Waals surface area contributed by atoms with Crippen LogP contribution in [0, 0.1) is 0 Å². The van der Waals surface area contributed by atoms with Gasteiger partial charge < -0.3 is 13.4 Å². The molecular weight excluding hydrogens is 749 g/mol. The van der Waals surface area contributed by atoms with E-state index in [9.17, 15) is 0 Å². The summed E-state index contributed by atoms with van der Waals surface area (Å²) in [6.45, 7) is 0. The first-order valence-corrected chi connectivity index (χ1v) is 20.4. The molecule has 0 aliphatic carbocycles. The molecule has 6 heteroatoms. The predicted octanol–water partition coefficient (Wildman–Crippen LogP) is 14.6. The van der Waals surface area contributed by atoms with Gasteiger partial charge in [-0.2, -0.15) is 0 Å². The van der Waals surface area contributed by atoms with E-state index in [1.807, 2.05) is 66.7 Å². The Morgan fingerprint density at radius 2 is 0.951 bits per heavy atom. The van der Waals surface area contributed by atoms with Gasteiger partial charge in [0, 0.05) is 49.3 Å². The maximum atomic E-state index is 6.83. The third-order valence-corrected chi connectivity index (χ3v) is 12.0. The number of fused-ring (bicyclic) bond motifs is 12. The van der Waals surface area contributed by atoms with Crippen LogP contribution >= 0.6 is 0 Å². The Morgan fingerprint density at radius 1 is 0.328 bits per heavy atom. The van der Waals surface area contributed by atoms with Crippen molar-refractivity contribution in [1.29, 1.82) is 0 Å². The minimum absolute atomic E-state index is 0.586. The summed E-state index contributed by atoms with van der Waals surface area (Å²) in [5.41, 5.74) is 11.7. The summed E-state index contributed by atoms with van der Waals surface area (Å²) in [4.78, 5) is 14.8.